The van der Waals surface area contributed by atoms with Gasteiger partial charge in [-0.3, -0.25) is 0 Å². The molecular formula is C52H85NO4. The number of unbranched alkanes of at least 4 members (excludes halogenated alkanes) is 18. The minimum absolute atomic E-state index is 0.0438. The fraction of sp³-hybridized carbons (Fsp3) is 0.712. The maximum absolute atomic E-state index is 13.0. The summed E-state index contributed by atoms with van der Waals surface area (Å²) in [5, 5.41) is 0. The number of amides is 1. The Morgan fingerprint density at radius 3 is 1.58 bits per heavy atom. The molecule has 57 heavy (non-hydrogen) atoms. The lowest BCUT2D eigenvalue weighted by Crippen LogP contribution is -2.45. The van der Waals surface area contributed by atoms with E-state index in [2.05, 4.69) is 62.5 Å². The molecule has 5 nitrogen and oxygen atoms in total. The van der Waals surface area contributed by atoms with Crippen molar-refractivity contribution in [2.45, 2.75) is 231 Å². The van der Waals surface area contributed by atoms with Crippen molar-refractivity contribution in [1.29, 1.82) is 0 Å². The van der Waals surface area contributed by atoms with E-state index in [1.807, 2.05) is 37.4 Å². The number of ether oxygens (including phenoxy) is 3. The van der Waals surface area contributed by atoms with E-state index in [0.29, 0.717) is 6.61 Å². The summed E-state index contributed by atoms with van der Waals surface area (Å²) in [6, 6.07) is 10.0. The Morgan fingerprint density at radius 2 is 1.07 bits per heavy atom. The van der Waals surface area contributed by atoms with Crippen LogP contribution < -0.4 is 0 Å². The molecule has 0 radical (unpaired) electrons. The van der Waals surface area contributed by atoms with Crippen molar-refractivity contribution in [3.8, 4) is 0 Å². The van der Waals surface area contributed by atoms with Gasteiger partial charge in [0.25, 0.3) is 0 Å². The van der Waals surface area contributed by atoms with Gasteiger partial charge < -0.3 is 19.1 Å². The number of rotatable bonds is 33. The van der Waals surface area contributed by atoms with E-state index in [1.165, 1.54) is 128 Å². The molecule has 0 aromatic heterocycles. The normalized spacial score (nSPS) is 21.1. The topological polar surface area (TPSA) is 48.0 Å². The standard InChI is InChI=1S/C52H85NO4/c1-4-6-8-10-12-14-16-18-20-22-24-26-28-30-32-37-43-52(44-38-33-31-29-27-25-23-21-19-17-15-13-11-9-7-5-2)56-49-42-41-48(45-50(49)57-52)53(3)51(54)55-46-47-39-35-34-36-40-47/h12-15,18-21,34-36,39-40,48-50H,4-11,16-17,22-33,37-38,41-46H2,1-3H3/t48-,49-,50+,52?/m1/s1. The maximum Gasteiger partial charge on any atom is 0.410 e. The van der Waals surface area contributed by atoms with E-state index in [9.17, 15) is 4.79 Å². The molecule has 0 N–H and O–H groups in total. The molecule has 1 saturated carbocycles. The average Bonchev–Trinajstić information content (AvgIpc) is 3.60. The molecule has 322 valence electrons. The summed E-state index contributed by atoms with van der Waals surface area (Å²) >= 11 is 0. The van der Waals surface area contributed by atoms with E-state index in [4.69, 9.17) is 14.2 Å². The SMILES string of the molecule is CCCCCC=CCC=CCCCCCCCCC1(CCCCCCCCC=CCC=CCCCCC)O[C@H]2C[C@H](N(C)C(=O)OCc3ccccc3)CC[C@H]2O1. The number of benzene rings is 1. The summed E-state index contributed by atoms with van der Waals surface area (Å²) < 4.78 is 19.6. The maximum atomic E-state index is 13.0. The van der Waals surface area contributed by atoms with Crippen molar-refractivity contribution >= 4 is 6.09 Å². The summed E-state index contributed by atoms with van der Waals surface area (Å²) in [5.41, 5.74) is 1.01. The highest BCUT2D eigenvalue weighted by Crippen LogP contribution is 2.43. The smallest absolute Gasteiger partial charge is 0.410 e. The van der Waals surface area contributed by atoms with Crippen LogP contribution in [0, 0.1) is 0 Å². The Bertz CT molecular complexity index is 1190. The van der Waals surface area contributed by atoms with Gasteiger partial charge in [0, 0.05) is 25.9 Å². The number of fused-ring (bicyclic) bond motifs is 1. The van der Waals surface area contributed by atoms with Crippen LogP contribution in [-0.4, -0.2) is 42.1 Å². The number of carbonyl (C=O) groups excluding carboxylic acids is 1. The van der Waals surface area contributed by atoms with Gasteiger partial charge in [0.1, 0.15) is 6.61 Å². The largest absolute Gasteiger partial charge is 0.445 e. The van der Waals surface area contributed by atoms with Gasteiger partial charge in [-0.05, 0) is 102 Å². The highest BCUT2D eigenvalue weighted by atomic mass is 16.8. The zero-order valence-electron chi connectivity index (χ0n) is 37.0. The second-order valence-corrected chi connectivity index (χ2v) is 17.0. The van der Waals surface area contributed by atoms with Crippen LogP contribution >= 0.6 is 0 Å². The van der Waals surface area contributed by atoms with Gasteiger partial charge >= 0.3 is 6.09 Å². The molecule has 0 unspecified atom stereocenters. The highest BCUT2D eigenvalue weighted by molar-refractivity contribution is 5.67. The highest BCUT2D eigenvalue weighted by Gasteiger charge is 2.49. The number of allylic oxidation sites excluding steroid dienone is 8. The second-order valence-electron chi connectivity index (χ2n) is 17.0. The molecule has 1 saturated heterocycles. The lowest BCUT2D eigenvalue weighted by atomic mass is 9.90. The molecule has 1 aliphatic heterocycles. The number of hydrogen-bond acceptors (Lipinski definition) is 4. The van der Waals surface area contributed by atoms with Gasteiger partial charge in [-0.1, -0.05) is 170 Å². The van der Waals surface area contributed by atoms with Crippen molar-refractivity contribution in [1.82, 2.24) is 4.90 Å². The van der Waals surface area contributed by atoms with E-state index < -0.39 is 5.79 Å². The van der Waals surface area contributed by atoms with Gasteiger partial charge in [-0.15, -0.1) is 0 Å². The van der Waals surface area contributed by atoms with Gasteiger partial charge in [-0.25, -0.2) is 4.79 Å². The minimum Gasteiger partial charge on any atom is -0.445 e. The summed E-state index contributed by atoms with van der Waals surface area (Å²) in [6.45, 7) is 4.83. The Morgan fingerprint density at radius 1 is 0.614 bits per heavy atom. The fourth-order valence-electron chi connectivity index (χ4n) is 8.37. The molecule has 2 fully saturated rings. The molecule has 1 aromatic rings. The summed E-state index contributed by atoms with van der Waals surface area (Å²) in [6.07, 6.45) is 53.4. The minimum atomic E-state index is -0.471. The van der Waals surface area contributed by atoms with Crippen LogP contribution in [0.25, 0.3) is 0 Å². The van der Waals surface area contributed by atoms with E-state index in [1.54, 1.807) is 4.90 Å². The molecule has 5 heteroatoms. The average molecular weight is 788 g/mol. The zero-order chi connectivity index (χ0) is 40.5. The van der Waals surface area contributed by atoms with Crippen LogP contribution in [-0.2, 0) is 20.8 Å². The van der Waals surface area contributed by atoms with E-state index in [-0.39, 0.29) is 24.3 Å². The third-order valence-corrected chi connectivity index (χ3v) is 12.0. The molecule has 3 atom stereocenters. The summed E-state index contributed by atoms with van der Waals surface area (Å²) in [4.78, 5) is 14.8. The Balaban J connectivity index is 1.36. The van der Waals surface area contributed by atoms with Crippen molar-refractivity contribution in [2.24, 2.45) is 0 Å². The van der Waals surface area contributed by atoms with Gasteiger partial charge in [0.15, 0.2) is 5.79 Å². The third-order valence-electron chi connectivity index (χ3n) is 12.0. The summed E-state index contributed by atoms with van der Waals surface area (Å²) in [7, 11) is 1.88. The predicted octanol–water partition coefficient (Wildman–Crippen LogP) is 15.7. The van der Waals surface area contributed by atoms with Crippen molar-refractivity contribution < 1.29 is 19.0 Å². The molecule has 2 aliphatic rings. The Kier molecular flexibility index (Phi) is 27.6. The first-order valence-electron chi connectivity index (χ1n) is 24.0. The van der Waals surface area contributed by atoms with Crippen molar-refractivity contribution in [3.05, 3.63) is 84.5 Å². The van der Waals surface area contributed by atoms with Gasteiger partial charge in [0.05, 0.1) is 12.2 Å². The molecule has 0 bridgehead atoms. The first kappa shape index (κ1) is 48.7. The summed E-state index contributed by atoms with van der Waals surface area (Å²) in [5.74, 6) is -0.471. The quantitative estimate of drug-likeness (QED) is 0.0526. The molecule has 1 amide bonds. The van der Waals surface area contributed by atoms with Crippen LogP contribution in [0.15, 0.2) is 78.9 Å². The monoisotopic (exact) mass is 788 g/mol. The van der Waals surface area contributed by atoms with Gasteiger partial charge in [0.2, 0.25) is 0 Å². The van der Waals surface area contributed by atoms with Crippen molar-refractivity contribution in [3.63, 3.8) is 0 Å². The molecule has 1 aliphatic carbocycles. The Labute approximate surface area is 351 Å². The predicted molar refractivity (Wildman–Crippen MR) is 242 cm³/mol. The van der Waals surface area contributed by atoms with Gasteiger partial charge in [-0.2, -0.15) is 0 Å². The van der Waals surface area contributed by atoms with Crippen molar-refractivity contribution in [2.75, 3.05) is 7.05 Å². The molecule has 3 rings (SSSR count). The lowest BCUT2D eigenvalue weighted by molar-refractivity contribution is -0.186. The third kappa shape index (κ3) is 22.4. The second kappa shape index (κ2) is 32.2. The number of carbonyl (C=O) groups is 1. The fourth-order valence-corrected chi connectivity index (χ4v) is 8.37. The molecule has 1 heterocycles. The zero-order valence-corrected chi connectivity index (χ0v) is 37.0. The van der Waals surface area contributed by atoms with E-state index in [0.717, 1.165) is 63.4 Å². The number of nitrogens with zero attached hydrogens (tertiary/aromatic N) is 1. The van der Waals surface area contributed by atoms with Crippen LogP contribution in [0.3, 0.4) is 0 Å². The first-order chi connectivity index (χ1) is 28.1. The molecule has 0 spiro atoms. The molecule has 1 aromatic carbocycles. The number of hydrogen-bond donors (Lipinski definition) is 0. The molecular weight excluding hydrogens is 703 g/mol. The van der Waals surface area contributed by atoms with Crippen LogP contribution in [0.2, 0.25) is 0 Å². The van der Waals surface area contributed by atoms with Crippen LogP contribution in [0.1, 0.15) is 206 Å². The Hall–Kier alpha value is -2.63. The van der Waals surface area contributed by atoms with Crippen LogP contribution in [0.5, 0.6) is 0 Å². The lowest BCUT2D eigenvalue weighted by Gasteiger charge is -2.34. The van der Waals surface area contributed by atoms with Crippen LogP contribution in [0.4, 0.5) is 4.79 Å². The van der Waals surface area contributed by atoms with E-state index >= 15 is 0 Å². The first-order valence-corrected chi connectivity index (χ1v) is 24.0.